The standard InChI is InChI=1S/C12H9ClN2O4/c1-2-11(16)9(6-14)12(17)8-4-3-7(13)5-10(8)15(18)19/h3-5,17H,2H2,1H3/b12-9-. The maximum Gasteiger partial charge on any atom is 0.281 e. The number of hydrogen-bond acceptors (Lipinski definition) is 5. The molecule has 0 aliphatic carbocycles. The molecule has 1 aromatic carbocycles. The molecule has 0 aromatic heterocycles. The summed E-state index contributed by atoms with van der Waals surface area (Å²) in [6, 6.07) is 5.11. The van der Waals surface area contributed by atoms with Crippen molar-refractivity contribution in [1.82, 2.24) is 0 Å². The van der Waals surface area contributed by atoms with Gasteiger partial charge in [-0.2, -0.15) is 5.26 Å². The minimum Gasteiger partial charge on any atom is -0.506 e. The number of benzene rings is 1. The average Bonchev–Trinajstić information content (AvgIpc) is 2.38. The Bertz CT molecular complexity index is 617. The third-order valence-electron chi connectivity index (χ3n) is 2.36. The number of aliphatic hydroxyl groups excluding tert-OH is 1. The third-order valence-corrected chi connectivity index (χ3v) is 2.60. The summed E-state index contributed by atoms with van der Waals surface area (Å²) >= 11 is 5.63. The second-order valence-corrected chi connectivity index (χ2v) is 3.97. The molecular weight excluding hydrogens is 272 g/mol. The highest BCUT2D eigenvalue weighted by Gasteiger charge is 2.22. The van der Waals surface area contributed by atoms with Crippen molar-refractivity contribution in [1.29, 1.82) is 5.26 Å². The van der Waals surface area contributed by atoms with Crippen LogP contribution >= 0.6 is 11.6 Å². The highest BCUT2D eigenvalue weighted by molar-refractivity contribution is 6.30. The maximum atomic E-state index is 11.5. The number of Topliss-reactive ketones (excluding diaryl/α,β-unsaturated/α-hetero) is 1. The second kappa shape index (κ2) is 5.98. The molecule has 19 heavy (non-hydrogen) atoms. The highest BCUT2D eigenvalue weighted by Crippen LogP contribution is 2.29. The van der Waals surface area contributed by atoms with Crippen molar-refractivity contribution in [2.24, 2.45) is 0 Å². The lowest BCUT2D eigenvalue weighted by Gasteiger charge is -2.04. The number of allylic oxidation sites excluding steroid dienone is 1. The van der Waals surface area contributed by atoms with Gasteiger partial charge in [0.15, 0.2) is 11.5 Å². The van der Waals surface area contributed by atoms with Gasteiger partial charge in [0.25, 0.3) is 5.69 Å². The van der Waals surface area contributed by atoms with E-state index in [-0.39, 0.29) is 17.0 Å². The molecule has 0 fully saturated rings. The molecule has 0 aliphatic rings. The monoisotopic (exact) mass is 280 g/mol. The number of ketones is 1. The summed E-state index contributed by atoms with van der Waals surface area (Å²) in [4.78, 5) is 21.6. The van der Waals surface area contributed by atoms with Crippen LogP contribution in [0.1, 0.15) is 18.9 Å². The fourth-order valence-electron chi connectivity index (χ4n) is 1.41. The number of aliphatic hydroxyl groups is 1. The zero-order chi connectivity index (χ0) is 14.6. The Balaban J connectivity index is 3.53. The molecule has 1 N–H and O–H groups in total. The molecule has 0 saturated carbocycles. The van der Waals surface area contributed by atoms with Gasteiger partial charge in [0, 0.05) is 17.5 Å². The first kappa shape index (κ1) is 14.7. The average molecular weight is 281 g/mol. The van der Waals surface area contributed by atoms with Crippen molar-refractivity contribution >= 4 is 28.8 Å². The molecule has 1 rings (SSSR count). The van der Waals surface area contributed by atoms with Crippen LogP contribution in [-0.2, 0) is 4.79 Å². The first-order valence-corrected chi connectivity index (χ1v) is 5.61. The van der Waals surface area contributed by atoms with Crippen LogP contribution in [0.15, 0.2) is 23.8 Å². The van der Waals surface area contributed by atoms with E-state index >= 15 is 0 Å². The number of rotatable bonds is 4. The molecule has 0 radical (unpaired) electrons. The van der Waals surface area contributed by atoms with Gasteiger partial charge in [-0.1, -0.05) is 18.5 Å². The molecule has 0 atom stereocenters. The Morgan fingerprint density at radius 2 is 2.21 bits per heavy atom. The van der Waals surface area contributed by atoms with Crippen molar-refractivity contribution in [2.75, 3.05) is 0 Å². The molecule has 0 aliphatic heterocycles. The smallest absolute Gasteiger partial charge is 0.281 e. The predicted octanol–water partition coefficient (Wildman–Crippen LogP) is 3.02. The minimum atomic E-state index is -0.747. The number of nitro groups is 1. The van der Waals surface area contributed by atoms with Gasteiger partial charge in [-0.3, -0.25) is 14.9 Å². The molecule has 0 heterocycles. The molecule has 1 aromatic rings. The fraction of sp³-hybridized carbons (Fsp3) is 0.167. The van der Waals surface area contributed by atoms with Gasteiger partial charge in [-0.15, -0.1) is 0 Å². The number of halogens is 1. The Hall–Kier alpha value is -2.39. The number of carbonyl (C=O) groups excluding carboxylic acids is 1. The van der Waals surface area contributed by atoms with E-state index in [1.54, 1.807) is 6.07 Å². The van der Waals surface area contributed by atoms with E-state index in [1.165, 1.54) is 19.1 Å². The largest absolute Gasteiger partial charge is 0.506 e. The van der Waals surface area contributed by atoms with Gasteiger partial charge in [-0.25, -0.2) is 0 Å². The second-order valence-electron chi connectivity index (χ2n) is 3.53. The van der Waals surface area contributed by atoms with E-state index in [2.05, 4.69) is 0 Å². The Labute approximate surface area is 113 Å². The molecule has 6 nitrogen and oxygen atoms in total. The normalized spacial score (nSPS) is 11.4. The Morgan fingerprint density at radius 3 is 2.68 bits per heavy atom. The van der Waals surface area contributed by atoms with Crippen molar-refractivity contribution < 1.29 is 14.8 Å². The zero-order valence-electron chi connectivity index (χ0n) is 9.88. The molecule has 98 valence electrons. The molecule has 0 saturated heterocycles. The predicted molar refractivity (Wildman–Crippen MR) is 68.6 cm³/mol. The molecule has 0 bridgehead atoms. The van der Waals surface area contributed by atoms with Crippen molar-refractivity contribution in [3.05, 3.63) is 44.5 Å². The topological polar surface area (TPSA) is 104 Å². The number of hydrogen-bond donors (Lipinski definition) is 1. The summed E-state index contributed by atoms with van der Waals surface area (Å²) in [7, 11) is 0. The first-order chi connectivity index (χ1) is 8.92. The lowest BCUT2D eigenvalue weighted by Crippen LogP contribution is -2.04. The van der Waals surface area contributed by atoms with Crippen molar-refractivity contribution in [3.63, 3.8) is 0 Å². The van der Waals surface area contributed by atoms with Crippen LogP contribution in [0.2, 0.25) is 5.02 Å². The minimum absolute atomic E-state index is 0.00827. The number of carbonyl (C=O) groups is 1. The Morgan fingerprint density at radius 1 is 1.58 bits per heavy atom. The highest BCUT2D eigenvalue weighted by atomic mass is 35.5. The summed E-state index contributed by atoms with van der Waals surface area (Å²) in [6.45, 7) is 1.52. The van der Waals surface area contributed by atoms with E-state index in [9.17, 15) is 20.0 Å². The summed E-state index contributed by atoms with van der Waals surface area (Å²) in [5, 5.41) is 29.7. The van der Waals surface area contributed by atoms with E-state index in [0.717, 1.165) is 6.07 Å². The first-order valence-electron chi connectivity index (χ1n) is 5.23. The summed E-state index contributed by atoms with van der Waals surface area (Å²) in [6.07, 6.45) is 0.00827. The van der Waals surface area contributed by atoms with Gasteiger partial charge in [0.1, 0.15) is 11.6 Å². The van der Waals surface area contributed by atoms with E-state index < -0.39 is 27.7 Å². The number of nitriles is 1. The van der Waals surface area contributed by atoms with Crippen LogP contribution in [0.5, 0.6) is 0 Å². The lowest BCUT2D eigenvalue weighted by atomic mass is 10.0. The SMILES string of the molecule is CCC(=O)/C(C#N)=C(\O)c1ccc(Cl)cc1[N+](=O)[O-]. The quantitative estimate of drug-likeness (QED) is 0.300. The summed E-state index contributed by atoms with van der Waals surface area (Å²) in [5.74, 6) is -1.30. The van der Waals surface area contributed by atoms with Gasteiger partial charge in [0.05, 0.1) is 10.5 Å². The van der Waals surface area contributed by atoms with Gasteiger partial charge >= 0.3 is 0 Å². The van der Waals surface area contributed by atoms with E-state index in [4.69, 9.17) is 16.9 Å². The third kappa shape index (κ3) is 3.09. The van der Waals surface area contributed by atoms with Crippen LogP contribution in [0.25, 0.3) is 5.76 Å². The lowest BCUT2D eigenvalue weighted by molar-refractivity contribution is -0.385. The van der Waals surface area contributed by atoms with E-state index in [0.29, 0.717) is 0 Å². The summed E-state index contributed by atoms with van der Waals surface area (Å²) in [5.41, 5.74) is -1.19. The number of nitrogens with zero attached hydrogens (tertiary/aromatic N) is 2. The van der Waals surface area contributed by atoms with Crippen LogP contribution in [-0.4, -0.2) is 15.8 Å². The van der Waals surface area contributed by atoms with Crippen molar-refractivity contribution in [2.45, 2.75) is 13.3 Å². The van der Waals surface area contributed by atoms with Gasteiger partial charge < -0.3 is 5.11 Å². The molecular formula is C12H9ClN2O4. The zero-order valence-corrected chi connectivity index (χ0v) is 10.6. The molecule has 0 amide bonds. The van der Waals surface area contributed by atoms with Crippen LogP contribution in [0, 0.1) is 21.4 Å². The molecule has 7 heteroatoms. The molecule has 0 unspecified atom stereocenters. The van der Waals surface area contributed by atoms with Crippen LogP contribution < -0.4 is 0 Å². The van der Waals surface area contributed by atoms with Crippen LogP contribution in [0.4, 0.5) is 5.69 Å². The van der Waals surface area contributed by atoms with Crippen molar-refractivity contribution in [3.8, 4) is 6.07 Å². The fourth-order valence-corrected chi connectivity index (χ4v) is 1.58. The van der Waals surface area contributed by atoms with Crippen LogP contribution in [0.3, 0.4) is 0 Å². The van der Waals surface area contributed by atoms with E-state index in [1.807, 2.05) is 0 Å². The Kier molecular flexibility index (Phi) is 4.62. The molecule has 0 spiro atoms. The van der Waals surface area contributed by atoms with Gasteiger partial charge in [0.2, 0.25) is 0 Å². The maximum absolute atomic E-state index is 11.5. The summed E-state index contributed by atoms with van der Waals surface area (Å²) < 4.78 is 0. The van der Waals surface area contributed by atoms with Gasteiger partial charge in [-0.05, 0) is 12.1 Å². The number of nitro benzene ring substituents is 1.